The minimum atomic E-state index is -0.195. The molecule has 2 aromatic rings. The summed E-state index contributed by atoms with van der Waals surface area (Å²) < 4.78 is 15.4. The Hall–Kier alpha value is -1.68. The summed E-state index contributed by atoms with van der Waals surface area (Å²) >= 11 is 0. The van der Waals surface area contributed by atoms with Gasteiger partial charge in [-0.2, -0.15) is 5.10 Å². The van der Waals surface area contributed by atoms with Crippen molar-refractivity contribution in [3.63, 3.8) is 0 Å². The molecule has 0 radical (unpaired) electrons. The van der Waals surface area contributed by atoms with Gasteiger partial charge in [-0.1, -0.05) is 13.0 Å². The molecule has 1 atom stereocenters. The summed E-state index contributed by atoms with van der Waals surface area (Å²) in [7, 11) is 1.92. The maximum atomic E-state index is 13.6. The lowest BCUT2D eigenvalue weighted by Crippen LogP contribution is -2.22. The van der Waals surface area contributed by atoms with Crippen LogP contribution in [0.2, 0.25) is 0 Å². The second-order valence-electron chi connectivity index (χ2n) is 4.86. The van der Waals surface area contributed by atoms with Gasteiger partial charge in [-0.25, -0.2) is 4.39 Å². The molecular weight excluding hydrogens is 241 g/mol. The number of nitrogens with one attached hydrogen (secondary N) is 1. The fourth-order valence-corrected chi connectivity index (χ4v) is 2.34. The number of hydrogen-bond acceptors (Lipinski definition) is 2. The van der Waals surface area contributed by atoms with Gasteiger partial charge >= 0.3 is 0 Å². The second kappa shape index (κ2) is 5.53. The molecule has 1 unspecified atom stereocenters. The molecule has 0 bridgehead atoms. The maximum Gasteiger partial charge on any atom is 0.123 e. The zero-order chi connectivity index (χ0) is 14.0. The van der Waals surface area contributed by atoms with Gasteiger partial charge in [-0.3, -0.25) is 4.68 Å². The highest BCUT2D eigenvalue weighted by molar-refractivity contribution is 5.35. The van der Waals surface area contributed by atoms with Crippen molar-refractivity contribution < 1.29 is 4.39 Å². The molecular formula is C15H20FN3. The molecule has 19 heavy (non-hydrogen) atoms. The summed E-state index contributed by atoms with van der Waals surface area (Å²) in [6.45, 7) is 6.80. The van der Waals surface area contributed by atoms with Crippen molar-refractivity contribution in [2.75, 3.05) is 6.54 Å². The van der Waals surface area contributed by atoms with Crippen molar-refractivity contribution in [1.29, 1.82) is 0 Å². The third-order valence-electron chi connectivity index (χ3n) is 3.39. The average Bonchev–Trinajstić information content (AvgIpc) is 2.66. The zero-order valence-corrected chi connectivity index (χ0v) is 11.9. The Morgan fingerprint density at radius 2 is 2.05 bits per heavy atom. The van der Waals surface area contributed by atoms with Crippen LogP contribution < -0.4 is 5.32 Å². The third-order valence-corrected chi connectivity index (χ3v) is 3.39. The van der Waals surface area contributed by atoms with Gasteiger partial charge in [-0.05, 0) is 43.7 Å². The van der Waals surface area contributed by atoms with Crippen molar-refractivity contribution in [2.24, 2.45) is 7.05 Å². The van der Waals surface area contributed by atoms with Crippen LogP contribution in [-0.2, 0) is 7.05 Å². The van der Waals surface area contributed by atoms with Crippen LogP contribution in [0.3, 0.4) is 0 Å². The van der Waals surface area contributed by atoms with E-state index in [1.165, 1.54) is 0 Å². The molecule has 3 nitrogen and oxygen atoms in total. The Labute approximate surface area is 113 Å². The number of benzene rings is 1. The van der Waals surface area contributed by atoms with Crippen LogP contribution in [0.4, 0.5) is 4.39 Å². The number of aromatic nitrogens is 2. The van der Waals surface area contributed by atoms with Crippen molar-refractivity contribution in [3.05, 3.63) is 52.6 Å². The molecule has 1 aromatic carbocycles. The summed E-state index contributed by atoms with van der Waals surface area (Å²) in [5.74, 6) is -0.195. The number of halogens is 1. The highest BCUT2D eigenvalue weighted by Gasteiger charge is 2.18. The predicted molar refractivity (Wildman–Crippen MR) is 74.6 cm³/mol. The minimum Gasteiger partial charge on any atom is -0.306 e. The predicted octanol–water partition coefficient (Wildman–Crippen LogP) is 2.87. The Morgan fingerprint density at radius 1 is 1.32 bits per heavy atom. The monoisotopic (exact) mass is 261 g/mol. The third kappa shape index (κ3) is 2.84. The first-order valence-corrected chi connectivity index (χ1v) is 6.52. The van der Waals surface area contributed by atoms with E-state index in [0.717, 1.165) is 28.9 Å². The van der Waals surface area contributed by atoms with E-state index in [1.807, 2.05) is 44.8 Å². The molecule has 0 fully saturated rings. The maximum absolute atomic E-state index is 13.6. The smallest absolute Gasteiger partial charge is 0.123 e. The van der Waals surface area contributed by atoms with Crippen LogP contribution in [-0.4, -0.2) is 16.3 Å². The van der Waals surface area contributed by atoms with Crippen molar-refractivity contribution in [3.8, 4) is 0 Å². The lowest BCUT2D eigenvalue weighted by molar-refractivity contribution is 0.599. The number of rotatable bonds is 4. The van der Waals surface area contributed by atoms with Gasteiger partial charge in [0.05, 0.1) is 12.2 Å². The van der Waals surface area contributed by atoms with Gasteiger partial charge in [0.1, 0.15) is 5.82 Å². The van der Waals surface area contributed by atoms with Gasteiger partial charge in [-0.15, -0.1) is 0 Å². The summed E-state index contributed by atoms with van der Waals surface area (Å²) in [6, 6.07) is 5.13. The molecule has 1 heterocycles. The van der Waals surface area contributed by atoms with Crippen LogP contribution in [0, 0.1) is 19.7 Å². The summed E-state index contributed by atoms with van der Waals surface area (Å²) in [5, 5.41) is 7.68. The van der Waals surface area contributed by atoms with E-state index in [2.05, 4.69) is 10.4 Å². The quantitative estimate of drug-likeness (QED) is 0.917. The average molecular weight is 261 g/mol. The van der Waals surface area contributed by atoms with Crippen LogP contribution in [0.1, 0.15) is 35.3 Å². The largest absolute Gasteiger partial charge is 0.306 e. The molecule has 0 aliphatic carbocycles. The molecule has 0 spiro atoms. The molecule has 102 valence electrons. The molecule has 0 aliphatic heterocycles. The van der Waals surface area contributed by atoms with Crippen molar-refractivity contribution in [2.45, 2.75) is 26.8 Å². The second-order valence-corrected chi connectivity index (χ2v) is 4.86. The van der Waals surface area contributed by atoms with E-state index in [4.69, 9.17) is 0 Å². The van der Waals surface area contributed by atoms with Crippen molar-refractivity contribution in [1.82, 2.24) is 15.1 Å². The van der Waals surface area contributed by atoms with Gasteiger partial charge in [0.2, 0.25) is 0 Å². The Kier molecular flexibility index (Phi) is 4.00. The van der Waals surface area contributed by atoms with Crippen LogP contribution in [0.5, 0.6) is 0 Å². The fourth-order valence-electron chi connectivity index (χ4n) is 2.34. The van der Waals surface area contributed by atoms with Gasteiger partial charge in [0.25, 0.3) is 0 Å². The Bertz CT molecular complexity index is 555. The van der Waals surface area contributed by atoms with Crippen molar-refractivity contribution >= 4 is 0 Å². The topological polar surface area (TPSA) is 29.9 Å². The van der Waals surface area contributed by atoms with Gasteiger partial charge < -0.3 is 5.32 Å². The van der Waals surface area contributed by atoms with Crippen LogP contribution >= 0.6 is 0 Å². The van der Waals surface area contributed by atoms with Crippen LogP contribution in [0.25, 0.3) is 0 Å². The van der Waals surface area contributed by atoms with Gasteiger partial charge in [0, 0.05) is 18.3 Å². The van der Waals surface area contributed by atoms with Gasteiger partial charge in [0.15, 0.2) is 0 Å². The summed E-state index contributed by atoms with van der Waals surface area (Å²) in [5.41, 5.74) is 4.05. The molecule has 0 aliphatic rings. The number of aryl methyl sites for hydroxylation is 2. The van der Waals surface area contributed by atoms with E-state index in [9.17, 15) is 4.39 Å². The fraction of sp³-hybridized carbons (Fsp3) is 0.400. The SMILES string of the molecule is CCNC(c1cc(C)cc(F)c1)c1cnn(C)c1C. The molecule has 0 saturated carbocycles. The Morgan fingerprint density at radius 3 is 2.58 bits per heavy atom. The lowest BCUT2D eigenvalue weighted by atomic mass is 9.97. The number of nitrogens with zero attached hydrogens (tertiary/aromatic N) is 2. The van der Waals surface area contributed by atoms with Crippen LogP contribution in [0.15, 0.2) is 24.4 Å². The van der Waals surface area contributed by atoms with E-state index < -0.39 is 0 Å². The number of hydrogen-bond donors (Lipinski definition) is 1. The standard InChI is InChI=1S/C15H20FN3/c1-5-17-15(14-9-18-19(4)11(14)3)12-6-10(2)7-13(16)8-12/h6-9,15,17H,5H2,1-4H3. The van der Waals surface area contributed by atoms with E-state index in [-0.39, 0.29) is 11.9 Å². The highest BCUT2D eigenvalue weighted by atomic mass is 19.1. The van der Waals surface area contributed by atoms with E-state index >= 15 is 0 Å². The van der Waals surface area contributed by atoms with E-state index in [1.54, 1.807) is 12.1 Å². The first-order valence-electron chi connectivity index (χ1n) is 6.52. The molecule has 1 N–H and O–H groups in total. The molecule has 0 amide bonds. The molecule has 2 rings (SSSR count). The molecule has 0 saturated heterocycles. The molecule has 4 heteroatoms. The van der Waals surface area contributed by atoms with E-state index in [0.29, 0.717) is 0 Å². The molecule has 1 aromatic heterocycles. The lowest BCUT2D eigenvalue weighted by Gasteiger charge is -2.19. The summed E-state index contributed by atoms with van der Waals surface area (Å²) in [6.07, 6.45) is 1.85. The highest BCUT2D eigenvalue weighted by Crippen LogP contribution is 2.25. The first-order chi connectivity index (χ1) is 9.02. The first kappa shape index (κ1) is 13.7. The Balaban J connectivity index is 2.48. The normalized spacial score (nSPS) is 12.7. The zero-order valence-electron chi connectivity index (χ0n) is 11.9. The minimum absolute atomic E-state index is 0.0203. The summed E-state index contributed by atoms with van der Waals surface area (Å²) in [4.78, 5) is 0.